The van der Waals surface area contributed by atoms with Crippen molar-refractivity contribution in [3.05, 3.63) is 48.2 Å². The van der Waals surface area contributed by atoms with E-state index in [1.807, 2.05) is 36.4 Å². The average molecular weight is 383 g/mol. The molecule has 1 fully saturated rings. The van der Waals surface area contributed by atoms with Gasteiger partial charge in [0.25, 0.3) is 0 Å². The highest BCUT2D eigenvalue weighted by molar-refractivity contribution is 5.78. The predicted octanol–water partition coefficient (Wildman–Crippen LogP) is 3.80. The molecule has 0 aliphatic heterocycles. The number of hydrogen-bond donors (Lipinski definition) is 2. The van der Waals surface area contributed by atoms with E-state index in [2.05, 4.69) is 17.2 Å². The van der Waals surface area contributed by atoms with Gasteiger partial charge in [-0.2, -0.15) is 0 Å². The first-order valence-corrected chi connectivity index (χ1v) is 10.0. The lowest BCUT2D eigenvalue weighted by atomic mass is 9.85. The maximum Gasteiger partial charge on any atom is 0.224 e. The second-order valence-electron chi connectivity index (χ2n) is 7.21. The van der Waals surface area contributed by atoms with Gasteiger partial charge < -0.3 is 20.5 Å². The number of amides is 1. The van der Waals surface area contributed by atoms with Gasteiger partial charge in [0.1, 0.15) is 0 Å². The lowest BCUT2D eigenvalue weighted by Gasteiger charge is -2.25. The van der Waals surface area contributed by atoms with Crippen LogP contribution in [0.15, 0.2) is 42.6 Å². The zero-order valence-electron chi connectivity index (χ0n) is 16.4. The van der Waals surface area contributed by atoms with Crippen molar-refractivity contribution < 1.29 is 14.3 Å². The van der Waals surface area contributed by atoms with Crippen LogP contribution in [0, 0.1) is 5.92 Å². The summed E-state index contributed by atoms with van der Waals surface area (Å²) in [6.07, 6.45) is 6.26. The highest BCUT2D eigenvalue weighted by Gasteiger charge is 2.25. The molecule has 1 heterocycles. The molecule has 1 aromatic carbocycles. The minimum absolute atomic E-state index is 0.00652. The lowest BCUT2D eigenvalue weighted by molar-refractivity contribution is -0.126. The maximum absolute atomic E-state index is 12.5. The van der Waals surface area contributed by atoms with E-state index in [-0.39, 0.29) is 17.9 Å². The van der Waals surface area contributed by atoms with Gasteiger partial charge in [-0.3, -0.25) is 4.79 Å². The molecule has 28 heavy (non-hydrogen) atoms. The SMILES string of the molecule is CCCOc1ccccc1Oc1ncccc1CNC(=O)C1CCCC(N)C1. The Bertz CT molecular complexity index is 781. The fourth-order valence-electron chi connectivity index (χ4n) is 3.41. The number of hydrogen-bond acceptors (Lipinski definition) is 5. The van der Waals surface area contributed by atoms with Gasteiger partial charge in [-0.05, 0) is 43.9 Å². The topological polar surface area (TPSA) is 86.5 Å². The second-order valence-corrected chi connectivity index (χ2v) is 7.21. The number of nitrogens with zero attached hydrogens (tertiary/aromatic N) is 1. The van der Waals surface area contributed by atoms with E-state index in [0.29, 0.717) is 30.5 Å². The summed E-state index contributed by atoms with van der Waals surface area (Å²) in [5.74, 6) is 1.81. The number of aromatic nitrogens is 1. The molecule has 1 saturated carbocycles. The van der Waals surface area contributed by atoms with Crippen molar-refractivity contribution in [2.24, 2.45) is 11.7 Å². The summed E-state index contributed by atoms with van der Waals surface area (Å²) >= 11 is 0. The van der Waals surface area contributed by atoms with Crippen LogP contribution in [0.5, 0.6) is 17.4 Å². The second kappa shape index (κ2) is 10.1. The summed E-state index contributed by atoms with van der Waals surface area (Å²) in [6.45, 7) is 3.04. The lowest BCUT2D eigenvalue weighted by Crippen LogP contribution is -2.37. The third-order valence-electron chi connectivity index (χ3n) is 4.91. The smallest absolute Gasteiger partial charge is 0.224 e. The Hall–Kier alpha value is -2.60. The van der Waals surface area contributed by atoms with E-state index in [9.17, 15) is 4.79 Å². The van der Waals surface area contributed by atoms with Gasteiger partial charge in [0.2, 0.25) is 11.8 Å². The number of para-hydroxylation sites is 2. The first-order valence-electron chi connectivity index (χ1n) is 10.0. The van der Waals surface area contributed by atoms with Crippen LogP contribution in [0.1, 0.15) is 44.6 Å². The van der Waals surface area contributed by atoms with Gasteiger partial charge in [-0.25, -0.2) is 4.98 Å². The summed E-state index contributed by atoms with van der Waals surface area (Å²) in [6, 6.07) is 11.4. The molecule has 2 unspecified atom stereocenters. The summed E-state index contributed by atoms with van der Waals surface area (Å²) in [5, 5.41) is 3.02. The van der Waals surface area contributed by atoms with E-state index in [0.717, 1.165) is 37.7 Å². The normalized spacial score (nSPS) is 19.1. The third kappa shape index (κ3) is 5.45. The number of carbonyl (C=O) groups excluding carboxylic acids is 1. The molecule has 6 heteroatoms. The Morgan fingerprint density at radius 1 is 1.21 bits per heavy atom. The molecule has 0 bridgehead atoms. The van der Waals surface area contributed by atoms with Crippen LogP contribution in [-0.2, 0) is 11.3 Å². The Kier molecular flexibility index (Phi) is 7.25. The van der Waals surface area contributed by atoms with Crippen molar-refractivity contribution in [1.29, 1.82) is 0 Å². The number of carbonyl (C=O) groups is 1. The average Bonchev–Trinajstić information content (AvgIpc) is 2.72. The van der Waals surface area contributed by atoms with Crippen LogP contribution >= 0.6 is 0 Å². The Balaban J connectivity index is 1.66. The van der Waals surface area contributed by atoms with E-state index in [4.69, 9.17) is 15.2 Å². The first-order chi connectivity index (χ1) is 13.7. The molecule has 0 radical (unpaired) electrons. The van der Waals surface area contributed by atoms with Crippen molar-refractivity contribution >= 4 is 5.91 Å². The molecule has 1 amide bonds. The molecule has 1 aromatic heterocycles. The zero-order valence-corrected chi connectivity index (χ0v) is 16.4. The molecule has 1 aliphatic rings. The molecule has 150 valence electrons. The molecular formula is C22H29N3O3. The first kappa shape index (κ1) is 20.1. The van der Waals surface area contributed by atoms with E-state index in [1.54, 1.807) is 6.20 Å². The summed E-state index contributed by atoms with van der Waals surface area (Å²) in [5.41, 5.74) is 6.83. The van der Waals surface area contributed by atoms with E-state index in [1.165, 1.54) is 0 Å². The number of benzene rings is 1. The molecule has 1 aliphatic carbocycles. The standard InChI is InChI=1S/C22H29N3O3/c1-2-13-27-19-10-3-4-11-20(19)28-22-17(8-6-12-24-22)15-25-21(26)16-7-5-9-18(23)14-16/h3-4,6,8,10-12,16,18H,2,5,7,9,13-15,23H2,1H3,(H,25,26). The molecule has 0 saturated heterocycles. The van der Waals surface area contributed by atoms with Gasteiger partial charge >= 0.3 is 0 Å². The fraction of sp³-hybridized carbons (Fsp3) is 0.455. The highest BCUT2D eigenvalue weighted by Crippen LogP contribution is 2.32. The van der Waals surface area contributed by atoms with Gasteiger partial charge in [0, 0.05) is 30.3 Å². The molecule has 6 nitrogen and oxygen atoms in total. The van der Waals surface area contributed by atoms with Crippen LogP contribution < -0.4 is 20.5 Å². The largest absolute Gasteiger partial charge is 0.490 e. The number of pyridine rings is 1. The minimum Gasteiger partial charge on any atom is -0.490 e. The Morgan fingerprint density at radius 2 is 2.04 bits per heavy atom. The molecule has 3 rings (SSSR count). The van der Waals surface area contributed by atoms with Gasteiger partial charge in [-0.1, -0.05) is 31.5 Å². The summed E-state index contributed by atoms with van der Waals surface area (Å²) < 4.78 is 11.8. The van der Waals surface area contributed by atoms with Gasteiger partial charge in [-0.15, -0.1) is 0 Å². The van der Waals surface area contributed by atoms with Crippen molar-refractivity contribution in [1.82, 2.24) is 10.3 Å². The molecule has 0 spiro atoms. The molecule has 2 aromatic rings. The van der Waals surface area contributed by atoms with E-state index >= 15 is 0 Å². The highest BCUT2D eigenvalue weighted by atomic mass is 16.5. The number of rotatable bonds is 8. The van der Waals surface area contributed by atoms with Crippen molar-refractivity contribution in [3.63, 3.8) is 0 Å². The van der Waals surface area contributed by atoms with E-state index < -0.39 is 0 Å². The molecule has 2 atom stereocenters. The number of nitrogens with two attached hydrogens (primary N) is 1. The van der Waals surface area contributed by atoms with Gasteiger partial charge in [0.05, 0.1) is 6.61 Å². The molecule has 3 N–H and O–H groups in total. The Labute approximate surface area is 166 Å². The summed E-state index contributed by atoms with van der Waals surface area (Å²) in [4.78, 5) is 16.9. The van der Waals surface area contributed by atoms with Crippen LogP contribution in [0.3, 0.4) is 0 Å². The van der Waals surface area contributed by atoms with Crippen LogP contribution in [0.25, 0.3) is 0 Å². The van der Waals surface area contributed by atoms with Gasteiger partial charge in [0.15, 0.2) is 11.5 Å². The van der Waals surface area contributed by atoms with Crippen molar-refractivity contribution in [2.75, 3.05) is 6.61 Å². The summed E-state index contributed by atoms with van der Waals surface area (Å²) in [7, 11) is 0. The monoisotopic (exact) mass is 383 g/mol. The predicted molar refractivity (Wildman–Crippen MR) is 108 cm³/mol. The van der Waals surface area contributed by atoms with Crippen LogP contribution in [0.4, 0.5) is 0 Å². The number of nitrogens with one attached hydrogen (secondary N) is 1. The third-order valence-corrected chi connectivity index (χ3v) is 4.91. The number of ether oxygens (including phenoxy) is 2. The quantitative estimate of drug-likeness (QED) is 0.724. The van der Waals surface area contributed by atoms with Crippen LogP contribution in [-0.4, -0.2) is 23.5 Å². The Morgan fingerprint density at radius 3 is 2.82 bits per heavy atom. The van der Waals surface area contributed by atoms with Crippen molar-refractivity contribution in [3.8, 4) is 17.4 Å². The minimum atomic E-state index is -0.00652. The zero-order chi connectivity index (χ0) is 19.8. The van der Waals surface area contributed by atoms with Crippen molar-refractivity contribution in [2.45, 2.75) is 51.6 Å². The fourth-order valence-corrected chi connectivity index (χ4v) is 3.41. The van der Waals surface area contributed by atoms with Crippen LogP contribution in [0.2, 0.25) is 0 Å². The molecular weight excluding hydrogens is 354 g/mol. The maximum atomic E-state index is 12.5.